The molecule has 5 nitrogen and oxygen atoms in total. The minimum atomic E-state index is -2.91. The summed E-state index contributed by atoms with van der Waals surface area (Å²) in [6, 6.07) is 11.9. The van der Waals surface area contributed by atoms with Crippen molar-refractivity contribution in [2.75, 3.05) is 5.32 Å². The van der Waals surface area contributed by atoms with E-state index in [9.17, 15) is 18.4 Å². The number of anilines is 1. The number of amides is 2. The number of ether oxygens (including phenoxy) is 1. The van der Waals surface area contributed by atoms with Crippen LogP contribution in [-0.2, 0) is 4.79 Å². The van der Waals surface area contributed by atoms with Crippen molar-refractivity contribution in [2.24, 2.45) is 5.92 Å². The summed E-state index contributed by atoms with van der Waals surface area (Å²) in [5, 5.41) is 5.43. The first-order valence-corrected chi connectivity index (χ1v) is 8.50. The van der Waals surface area contributed by atoms with E-state index < -0.39 is 18.6 Å². The number of carbonyl (C=O) groups excluding carboxylic acids is 2. The van der Waals surface area contributed by atoms with Crippen molar-refractivity contribution in [3.63, 3.8) is 0 Å². The summed E-state index contributed by atoms with van der Waals surface area (Å²) < 4.78 is 28.6. The molecule has 144 valence electrons. The molecule has 2 rings (SSSR count). The van der Waals surface area contributed by atoms with E-state index in [-0.39, 0.29) is 17.6 Å². The fraction of sp³-hybridized carbons (Fsp3) is 0.300. The van der Waals surface area contributed by atoms with E-state index in [0.717, 1.165) is 5.56 Å². The van der Waals surface area contributed by atoms with Gasteiger partial charge in [0.15, 0.2) is 0 Å². The molecule has 0 spiro atoms. The van der Waals surface area contributed by atoms with Gasteiger partial charge in [0, 0.05) is 11.3 Å². The van der Waals surface area contributed by atoms with E-state index in [1.54, 1.807) is 12.1 Å². The molecule has 0 aromatic heterocycles. The lowest BCUT2D eigenvalue weighted by Crippen LogP contribution is -2.47. The van der Waals surface area contributed by atoms with Crippen LogP contribution < -0.4 is 15.4 Å². The third-order valence-corrected chi connectivity index (χ3v) is 3.97. The molecule has 0 aliphatic heterocycles. The molecule has 0 aliphatic carbocycles. The van der Waals surface area contributed by atoms with Crippen molar-refractivity contribution in [1.29, 1.82) is 0 Å². The number of nitrogens with one attached hydrogen (secondary N) is 2. The van der Waals surface area contributed by atoms with Crippen LogP contribution in [-0.4, -0.2) is 24.5 Å². The predicted molar refractivity (Wildman–Crippen MR) is 99.0 cm³/mol. The lowest BCUT2D eigenvalue weighted by molar-refractivity contribution is -0.118. The highest BCUT2D eigenvalue weighted by molar-refractivity contribution is 6.01. The van der Waals surface area contributed by atoms with Gasteiger partial charge in [-0.3, -0.25) is 9.59 Å². The van der Waals surface area contributed by atoms with Crippen molar-refractivity contribution in [1.82, 2.24) is 5.32 Å². The fourth-order valence-corrected chi connectivity index (χ4v) is 2.52. The highest BCUT2D eigenvalue weighted by atomic mass is 19.3. The van der Waals surface area contributed by atoms with Gasteiger partial charge >= 0.3 is 6.61 Å². The second-order valence-corrected chi connectivity index (χ2v) is 6.40. The third-order valence-electron chi connectivity index (χ3n) is 3.97. The van der Waals surface area contributed by atoms with Crippen molar-refractivity contribution in [3.8, 4) is 5.75 Å². The van der Waals surface area contributed by atoms with Gasteiger partial charge in [-0.1, -0.05) is 32.0 Å². The van der Waals surface area contributed by atoms with E-state index in [4.69, 9.17) is 0 Å². The average Bonchev–Trinajstić information content (AvgIpc) is 2.60. The Labute approximate surface area is 156 Å². The van der Waals surface area contributed by atoms with E-state index >= 15 is 0 Å². The Morgan fingerprint density at radius 3 is 2.19 bits per heavy atom. The van der Waals surface area contributed by atoms with E-state index in [1.807, 2.05) is 32.9 Å². The van der Waals surface area contributed by atoms with Crippen molar-refractivity contribution in [3.05, 3.63) is 59.7 Å². The quantitative estimate of drug-likeness (QED) is 0.768. The summed E-state index contributed by atoms with van der Waals surface area (Å²) in [6.07, 6.45) is 0. The van der Waals surface area contributed by atoms with Gasteiger partial charge in [0.05, 0.1) is 0 Å². The largest absolute Gasteiger partial charge is 0.435 e. The zero-order valence-corrected chi connectivity index (χ0v) is 15.3. The molecule has 0 heterocycles. The Kier molecular flexibility index (Phi) is 6.87. The number of halogens is 2. The molecule has 7 heteroatoms. The lowest BCUT2D eigenvalue weighted by atomic mass is 10.0. The highest BCUT2D eigenvalue weighted by Gasteiger charge is 2.25. The zero-order chi connectivity index (χ0) is 20.0. The summed E-state index contributed by atoms with van der Waals surface area (Å²) >= 11 is 0. The van der Waals surface area contributed by atoms with Gasteiger partial charge in [-0.25, -0.2) is 0 Å². The van der Waals surface area contributed by atoms with E-state index in [2.05, 4.69) is 15.4 Å². The molecular formula is C20H22F2N2O3. The molecule has 27 heavy (non-hydrogen) atoms. The van der Waals surface area contributed by atoms with Gasteiger partial charge in [-0.05, 0) is 48.7 Å². The molecule has 0 fully saturated rings. The Hall–Kier alpha value is -2.96. The molecule has 0 unspecified atom stereocenters. The molecule has 0 saturated heterocycles. The van der Waals surface area contributed by atoms with E-state index in [1.165, 1.54) is 24.3 Å². The summed E-state index contributed by atoms with van der Waals surface area (Å²) in [5.74, 6) is -0.882. The first-order valence-electron chi connectivity index (χ1n) is 8.50. The number of alkyl halides is 2. The van der Waals surface area contributed by atoms with Gasteiger partial charge in [-0.2, -0.15) is 8.78 Å². The van der Waals surface area contributed by atoms with Crippen LogP contribution in [0, 0.1) is 12.8 Å². The topological polar surface area (TPSA) is 67.4 Å². The second kappa shape index (κ2) is 9.12. The first-order chi connectivity index (χ1) is 12.8. The molecule has 0 bridgehead atoms. The number of carbonyl (C=O) groups is 2. The number of rotatable bonds is 7. The third kappa shape index (κ3) is 5.77. The van der Waals surface area contributed by atoms with Gasteiger partial charge in [0.25, 0.3) is 5.91 Å². The highest BCUT2D eigenvalue weighted by Crippen LogP contribution is 2.18. The summed E-state index contributed by atoms with van der Waals surface area (Å²) in [5.41, 5.74) is 1.73. The monoisotopic (exact) mass is 376 g/mol. The molecule has 0 saturated carbocycles. The standard InChI is InChI=1S/C20H22F2N2O3/c1-12(2)17(24-18(25)16-7-5-4-6-13(16)3)19(26)23-14-8-10-15(11-9-14)27-20(21)22/h4-12,17,20H,1-3H3,(H,23,26)(H,24,25)/t17-/m1/s1. The Bertz CT molecular complexity index is 792. The van der Waals surface area contributed by atoms with Crippen LogP contribution in [0.15, 0.2) is 48.5 Å². The Morgan fingerprint density at radius 1 is 1.00 bits per heavy atom. The minimum absolute atomic E-state index is 0.00346. The average molecular weight is 376 g/mol. The van der Waals surface area contributed by atoms with E-state index in [0.29, 0.717) is 11.3 Å². The minimum Gasteiger partial charge on any atom is -0.435 e. The molecular weight excluding hydrogens is 354 g/mol. The van der Waals surface area contributed by atoms with Gasteiger partial charge in [0.1, 0.15) is 11.8 Å². The van der Waals surface area contributed by atoms with Crippen molar-refractivity contribution < 1.29 is 23.1 Å². The first kappa shape index (κ1) is 20.4. The van der Waals surface area contributed by atoms with Gasteiger partial charge < -0.3 is 15.4 Å². The summed E-state index contributed by atoms with van der Waals surface area (Å²) in [7, 11) is 0. The van der Waals surface area contributed by atoms with Crippen molar-refractivity contribution in [2.45, 2.75) is 33.4 Å². The van der Waals surface area contributed by atoms with Crippen LogP contribution >= 0.6 is 0 Å². The zero-order valence-electron chi connectivity index (χ0n) is 15.3. The maximum Gasteiger partial charge on any atom is 0.387 e. The molecule has 1 atom stereocenters. The number of hydrogen-bond donors (Lipinski definition) is 2. The molecule has 2 N–H and O–H groups in total. The Morgan fingerprint density at radius 2 is 1.63 bits per heavy atom. The van der Waals surface area contributed by atoms with Gasteiger partial charge in [-0.15, -0.1) is 0 Å². The predicted octanol–water partition coefficient (Wildman–Crippen LogP) is 3.99. The molecule has 2 aromatic carbocycles. The van der Waals surface area contributed by atoms with Gasteiger partial charge in [0.2, 0.25) is 5.91 Å². The molecule has 0 aliphatic rings. The van der Waals surface area contributed by atoms with Crippen LogP contribution in [0.1, 0.15) is 29.8 Å². The van der Waals surface area contributed by atoms with Crippen molar-refractivity contribution >= 4 is 17.5 Å². The molecule has 2 aromatic rings. The summed E-state index contributed by atoms with van der Waals surface area (Å²) in [4.78, 5) is 25.1. The lowest BCUT2D eigenvalue weighted by Gasteiger charge is -2.22. The maximum atomic E-state index is 12.6. The van der Waals surface area contributed by atoms with Crippen LogP contribution in [0.5, 0.6) is 5.75 Å². The fourth-order valence-electron chi connectivity index (χ4n) is 2.52. The Balaban J connectivity index is 2.06. The van der Waals surface area contributed by atoms with Crippen LogP contribution in [0.3, 0.4) is 0 Å². The van der Waals surface area contributed by atoms with Crippen LogP contribution in [0.4, 0.5) is 14.5 Å². The number of aryl methyl sites for hydroxylation is 1. The second-order valence-electron chi connectivity index (χ2n) is 6.40. The molecule has 2 amide bonds. The number of benzene rings is 2. The smallest absolute Gasteiger partial charge is 0.387 e. The number of hydrogen-bond acceptors (Lipinski definition) is 3. The van der Waals surface area contributed by atoms with Crippen LogP contribution in [0.2, 0.25) is 0 Å². The van der Waals surface area contributed by atoms with Crippen LogP contribution in [0.25, 0.3) is 0 Å². The SMILES string of the molecule is Cc1ccccc1C(=O)N[C@@H](C(=O)Nc1ccc(OC(F)F)cc1)C(C)C. The maximum absolute atomic E-state index is 12.6. The molecule has 0 radical (unpaired) electrons. The summed E-state index contributed by atoms with van der Waals surface area (Å²) in [6.45, 7) is 2.55. The normalized spacial score (nSPS) is 12.0.